The van der Waals surface area contributed by atoms with Crippen molar-refractivity contribution in [1.82, 2.24) is 15.2 Å². The van der Waals surface area contributed by atoms with Crippen molar-refractivity contribution in [2.75, 3.05) is 10.6 Å². The fourth-order valence-corrected chi connectivity index (χ4v) is 1.62. The summed E-state index contributed by atoms with van der Waals surface area (Å²) in [5.74, 6) is 0.487. The third-order valence-corrected chi connectivity index (χ3v) is 2.41. The van der Waals surface area contributed by atoms with E-state index in [2.05, 4.69) is 25.8 Å². The number of pyridine rings is 1. The predicted molar refractivity (Wildman–Crippen MR) is 61.5 cm³/mol. The Morgan fingerprint density at radius 3 is 2.81 bits per heavy atom. The average Bonchev–Trinajstić information content (AvgIpc) is 2.65. The van der Waals surface area contributed by atoms with Gasteiger partial charge in [-0.05, 0) is 19.1 Å². The van der Waals surface area contributed by atoms with Gasteiger partial charge in [0.1, 0.15) is 10.8 Å². The van der Waals surface area contributed by atoms with Crippen LogP contribution in [0.25, 0.3) is 0 Å². The first-order valence-electron chi connectivity index (χ1n) is 4.53. The van der Waals surface area contributed by atoms with Crippen LogP contribution >= 0.6 is 11.3 Å². The number of nitrogens with zero attached hydrogens (tertiary/aromatic N) is 3. The molecule has 82 valence electrons. The molecule has 0 unspecified atom stereocenters. The Hall–Kier alpha value is -2.02. The molecule has 0 aliphatic heterocycles. The van der Waals surface area contributed by atoms with Gasteiger partial charge in [-0.2, -0.15) is 0 Å². The minimum atomic E-state index is -0.380. The molecule has 0 aliphatic rings. The van der Waals surface area contributed by atoms with Crippen LogP contribution < -0.4 is 10.6 Å². The van der Waals surface area contributed by atoms with Crippen LogP contribution in [0.5, 0.6) is 0 Å². The first kappa shape index (κ1) is 10.5. The minimum absolute atomic E-state index is 0.380. The zero-order chi connectivity index (χ0) is 11.4. The molecule has 7 heteroatoms. The summed E-state index contributed by atoms with van der Waals surface area (Å²) in [6.45, 7) is 1.82. The smallest absolute Gasteiger partial charge is 0.292 e. The van der Waals surface area contributed by atoms with Crippen LogP contribution in [0.1, 0.15) is 5.01 Å². The summed E-state index contributed by atoms with van der Waals surface area (Å²) in [6, 6.07) is 4.88. The number of hydrogen-bond acceptors (Lipinski definition) is 5. The maximum Gasteiger partial charge on any atom is 0.326 e. The SMILES string of the molecule is Cc1nnc(NC(=O)Nc2ccccn2)s1. The van der Waals surface area contributed by atoms with Gasteiger partial charge in [-0.15, -0.1) is 10.2 Å². The fourth-order valence-electron chi connectivity index (χ4n) is 1.03. The second-order valence-electron chi connectivity index (χ2n) is 2.92. The Morgan fingerprint density at radius 1 is 1.31 bits per heavy atom. The highest BCUT2D eigenvalue weighted by Crippen LogP contribution is 2.13. The molecule has 0 atom stereocenters. The van der Waals surface area contributed by atoms with Crippen LogP contribution in [-0.4, -0.2) is 21.2 Å². The van der Waals surface area contributed by atoms with Crippen LogP contribution in [0.3, 0.4) is 0 Å². The zero-order valence-electron chi connectivity index (χ0n) is 8.47. The molecule has 0 aromatic carbocycles. The third kappa shape index (κ3) is 2.74. The van der Waals surface area contributed by atoms with E-state index in [0.717, 1.165) is 5.01 Å². The molecule has 0 saturated heterocycles. The molecule has 0 spiro atoms. The molecular formula is C9H9N5OS. The number of anilines is 2. The van der Waals surface area contributed by atoms with Crippen molar-refractivity contribution in [2.24, 2.45) is 0 Å². The molecule has 0 saturated carbocycles. The first-order valence-corrected chi connectivity index (χ1v) is 5.35. The van der Waals surface area contributed by atoms with E-state index >= 15 is 0 Å². The van der Waals surface area contributed by atoms with Crippen molar-refractivity contribution in [3.63, 3.8) is 0 Å². The highest BCUT2D eigenvalue weighted by atomic mass is 32.1. The highest BCUT2D eigenvalue weighted by molar-refractivity contribution is 7.15. The number of carbonyl (C=O) groups is 1. The van der Waals surface area contributed by atoms with Crippen molar-refractivity contribution >= 4 is 28.3 Å². The van der Waals surface area contributed by atoms with Gasteiger partial charge < -0.3 is 0 Å². The fraction of sp³-hybridized carbons (Fsp3) is 0.111. The van der Waals surface area contributed by atoms with Gasteiger partial charge in [0.15, 0.2) is 0 Å². The Kier molecular flexibility index (Phi) is 3.06. The van der Waals surface area contributed by atoms with Crippen LogP contribution in [0.15, 0.2) is 24.4 Å². The molecule has 2 aromatic heterocycles. The first-order chi connectivity index (χ1) is 7.74. The Bertz CT molecular complexity index is 484. The van der Waals surface area contributed by atoms with Gasteiger partial charge in [-0.3, -0.25) is 10.6 Å². The molecule has 2 heterocycles. The minimum Gasteiger partial charge on any atom is -0.292 e. The number of hydrogen-bond donors (Lipinski definition) is 2. The quantitative estimate of drug-likeness (QED) is 0.833. The lowest BCUT2D eigenvalue weighted by molar-refractivity contribution is 0.262. The number of carbonyl (C=O) groups excluding carboxylic acids is 1. The van der Waals surface area contributed by atoms with Crippen LogP contribution in [0.4, 0.5) is 15.7 Å². The number of aryl methyl sites for hydroxylation is 1. The summed E-state index contributed by atoms with van der Waals surface area (Å²) in [6.07, 6.45) is 1.60. The molecule has 2 N–H and O–H groups in total. The van der Waals surface area contributed by atoms with Gasteiger partial charge in [0.25, 0.3) is 0 Å². The van der Waals surface area contributed by atoms with Gasteiger partial charge in [0.05, 0.1) is 0 Å². The van der Waals surface area contributed by atoms with Crippen molar-refractivity contribution in [3.8, 4) is 0 Å². The van der Waals surface area contributed by atoms with E-state index in [9.17, 15) is 4.79 Å². The molecule has 2 aromatic rings. The van der Waals surface area contributed by atoms with Crippen molar-refractivity contribution < 1.29 is 4.79 Å². The molecule has 0 bridgehead atoms. The lowest BCUT2D eigenvalue weighted by atomic mass is 10.5. The number of aromatic nitrogens is 3. The maximum atomic E-state index is 11.5. The largest absolute Gasteiger partial charge is 0.326 e. The molecule has 0 aliphatic carbocycles. The van der Waals surface area contributed by atoms with Gasteiger partial charge in [0.2, 0.25) is 5.13 Å². The molecule has 2 rings (SSSR count). The van der Waals surface area contributed by atoms with Crippen molar-refractivity contribution in [1.29, 1.82) is 0 Å². The summed E-state index contributed by atoms with van der Waals surface area (Å²) in [4.78, 5) is 15.4. The van der Waals surface area contributed by atoms with E-state index in [4.69, 9.17) is 0 Å². The van der Waals surface area contributed by atoms with Gasteiger partial charge in [-0.1, -0.05) is 17.4 Å². The Morgan fingerprint density at radius 2 is 2.19 bits per heavy atom. The number of rotatable bonds is 2. The maximum absolute atomic E-state index is 11.5. The number of urea groups is 1. The molecule has 0 radical (unpaired) electrons. The predicted octanol–water partition coefficient (Wildman–Crippen LogP) is 1.89. The van der Waals surface area contributed by atoms with E-state index in [1.165, 1.54) is 11.3 Å². The monoisotopic (exact) mass is 235 g/mol. The van der Waals surface area contributed by atoms with Gasteiger partial charge in [0, 0.05) is 6.20 Å². The molecule has 2 amide bonds. The second-order valence-corrected chi connectivity index (χ2v) is 4.10. The molecule has 0 fully saturated rings. The van der Waals surface area contributed by atoms with Crippen LogP contribution in [-0.2, 0) is 0 Å². The number of amides is 2. The molecule has 6 nitrogen and oxygen atoms in total. The van der Waals surface area contributed by atoms with E-state index < -0.39 is 0 Å². The third-order valence-electron chi connectivity index (χ3n) is 1.65. The zero-order valence-corrected chi connectivity index (χ0v) is 9.28. The van der Waals surface area contributed by atoms with E-state index in [-0.39, 0.29) is 6.03 Å². The lowest BCUT2D eigenvalue weighted by Gasteiger charge is -2.02. The van der Waals surface area contributed by atoms with Gasteiger partial charge in [-0.25, -0.2) is 9.78 Å². The summed E-state index contributed by atoms with van der Waals surface area (Å²) in [5.41, 5.74) is 0. The average molecular weight is 235 g/mol. The molecular weight excluding hydrogens is 226 g/mol. The van der Waals surface area contributed by atoms with E-state index in [0.29, 0.717) is 10.9 Å². The standard InChI is InChI=1S/C9H9N5OS/c1-6-13-14-9(16-6)12-8(15)11-7-4-2-3-5-10-7/h2-5H,1H3,(H2,10,11,12,14,15). The van der Waals surface area contributed by atoms with Crippen molar-refractivity contribution in [3.05, 3.63) is 29.4 Å². The summed E-state index contributed by atoms with van der Waals surface area (Å²) < 4.78 is 0. The Labute approximate surface area is 95.7 Å². The summed E-state index contributed by atoms with van der Waals surface area (Å²) in [7, 11) is 0. The summed E-state index contributed by atoms with van der Waals surface area (Å²) >= 11 is 1.31. The highest BCUT2D eigenvalue weighted by Gasteiger charge is 2.06. The lowest BCUT2D eigenvalue weighted by Crippen LogP contribution is -2.19. The normalized spacial score (nSPS) is 9.81. The van der Waals surface area contributed by atoms with E-state index in [1.54, 1.807) is 24.4 Å². The van der Waals surface area contributed by atoms with Crippen molar-refractivity contribution in [2.45, 2.75) is 6.92 Å². The molecule has 16 heavy (non-hydrogen) atoms. The summed E-state index contributed by atoms with van der Waals surface area (Å²) in [5, 5.41) is 14.0. The number of nitrogens with one attached hydrogen (secondary N) is 2. The van der Waals surface area contributed by atoms with E-state index in [1.807, 2.05) is 6.92 Å². The topological polar surface area (TPSA) is 79.8 Å². The second kappa shape index (κ2) is 4.67. The Balaban J connectivity index is 1.95. The van der Waals surface area contributed by atoms with Crippen LogP contribution in [0.2, 0.25) is 0 Å². The van der Waals surface area contributed by atoms with Crippen LogP contribution in [0, 0.1) is 6.92 Å². The van der Waals surface area contributed by atoms with Gasteiger partial charge >= 0.3 is 6.03 Å².